The van der Waals surface area contributed by atoms with Crippen LogP contribution in [0.15, 0.2) is 18.2 Å². The molecular formula is C14H19NO2. The van der Waals surface area contributed by atoms with E-state index in [0.717, 1.165) is 12.8 Å². The van der Waals surface area contributed by atoms with Crippen LogP contribution in [-0.4, -0.2) is 19.6 Å². The van der Waals surface area contributed by atoms with Gasteiger partial charge in [0.1, 0.15) is 0 Å². The van der Waals surface area contributed by atoms with Crippen molar-refractivity contribution in [3.8, 4) is 0 Å². The van der Waals surface area contributed by atoms with Gasteiger partial charge in [-0.05, 0) is 30.9 Å². The number of methoxy groups -OCH3 is 1. The zero-order chi connectivity index (χ0) is 12.5. The van der Waals surface area contributed by atoms with Crippen LogP contribution in [0.4, 0.5) is 0 Å². The van der Waals surface area contributed by atoms with Gasteiger partial charge >= 0.3 is 5.97 Å². The van der Waals surface area contributed by atoms with Gasteiger partial charge in [0.05, 0.1) is 13.5 Å². The van der Waals surface area contributed by atoms with E-state index in [0.29, 0.717) is 13.0 Å². The molecule has 1 aromatic carbocycles. The quantitative estimate of drug-likeness (QED) is 0.808. The summed E-state index contributed by atoms with van der Waals surface area (Å²) in [5.74, 6) is -0.176. The molecule has 0 aromatic heterocycles. The average molecular weight is 233 g/mol. The fraction of sp³-hybridized carbons (Fsp3) is 0.500. The first-order valence-electron chi connectivity index (χ1n) is 5.98. The molecule has 0 saturated heterocycles. The first-order chi connectivity index (χ1) is 8.11. The summed E-state index contributed by atoms with van der Waals surface area (Å²) in [7, 11) is 1.43. The predicted octanol–water partition coefficient (Wildman–Crippen LogP) is 1.70. The second-order valence-corrected chi connectivity index (χ2v) is 4.90. The maximum absolute atomic E-state index is 11.5. The number of hydrogen-bond acceptors (Lipinski definition) is 3. The normalized spacial score (nSPS) is 22.3. The monoisotopic (exact) mass is 233 g/mol. The molecule has 0 heterocycles. The first kappa shape index (κ1) is 12.1. The van der Waals surface area contributed by atoms with E-state index in [9.17, 15) is 4.79 Å². The van der Waals surface area contributed by atoms with Gasteiger partial charge in [-0.1, -0.05) is 23.8 Å². The molecule has 1 aliphatic rings. The second kappa shape index (κ2) is 4.49. The molecule has 17 heavy (non-hydrogen) atoms. The Morgan fingerprint density at radius 1 is 1.53 bits per heavy atom. The molecule has 1 aromatic rings. The summed E-state index contributed by atoms with van der Waals surface area (Å²) < 4.78 is 4.79. The largest absolute Gasteiger partial charge is 0.469 e. The smallest absolute Gasteiger partial charge is 0.306 e. The zero-order valence-electron chi connectivity index (χ0n) is 10.5. The average Bonchev–Trinajstić information content (AvgIpc) is 2.68. The molecule has 3 heteroatoms. The Bertz CT molecular complexity index is 442. The van der Waals surface area contributed by atoms with E-state index in [4.69, 9.17) is 10.5 Å². The predicted molar refractivity (Wildman–Crippen MR) is 66.9 cm³/mol. The third kappa shape index (κ3) is 2.07. The molecule has 1 unspecified atom stereocenters. The lowest BCUT2D eigenvalue weighted by Crippen LogP contribution is -2.35. The molecule has 0 spiro atoms. The number of carbonyl (C=O) groups is 1. The molecule has 0 saturated carbocycles. The van der Waals surface area contributed by atoms with Crippen LogP contribution < -0.4 is 5.73 Å². The molecule has 2 N–H and O–H groups in total. The molecule has 1 aliphatic carbocycles. The van der Waals surface area contributed by atoms with E-state index in [2.05, 4.69) is 25.1 Å². The minimum Gasteiger partial charge on any atom is -0.469 e. The minimum absolute atomic E-state index is 0.176. The zero-order valence-corrected chi connectivity index (χ0v) is 10.5. The van der Waals surface area contributed by atoms with Crippen molar-refractivity contribution in [1.82, 2.24) is 0 Å². The van der Waals surface area contributed by atoms with E-state index < -0.39 is 0 Å². The van der Waals surface area contributed by atoms with Gasteiger partial charge in [0.25, 0.3) is 0 Å². The van der Waals surface area contributed by atoms with E-state index in [1.807, 2.05) is 0 Å². The summed E-state index contributed by atoms with van der Waals surface area (Å²) in [6, 6.07) is 6.43. The van der Waals surface area contributed by atoms with Crippen LogP contribution in [0.2, 0.25) is 0 Å². The number of carbonyl (C=O) groups excluding carboxylic acids is 1. The third-order valence-corrected chi connectivity index (χ3v) is 3.81. The number of rotatable bonds is 3. The first-order valence-corrected chi connectivity index (χ1v) is 5.98. The van der Waals surface area contributed by atoms with Crippen LogP contribution in [0.25, 0.3) is 0 Å². The number of fused-ring (bicyclic) bond motifs is 1. The topological polar surface area (TPSA) is 52.3 Å². The number of ether oxygens (including phenoxy) is 1. The highest BCUT2D eigenvalue weighted by Crippen LogP contribution is 2.41. The highest BCUT2D eigenvalue weighted by Gasteiger charge is 2.39. The lowest BCUT2D eigenvalue weighted by Gasteiger charge is -2.27. The van der Waals surface area contributed by atoms with Gasteiger partial charge in [-0.25, -0.2) is 0 Å². The van der Waals surface area contributed by atoms with Crippen molar-refractivity contribution in [1.29, 1.82) is 0 Å². The maximum Gasteiger partial charge on any atom is 0.306 e. The molecule has 3 nitrogen and oxygen atoms in total. The highest BCUT2D eigenvalue weighted by molar-refractivity contribution is 5.72. The van der Waals surface area contributed by atoms with Gasteiger partial charge in [0.2, 0.25) is 0 Å². The Balaban J connectivity index is 2.39. The van der Waals surface area contributed by atoms with Crippen LogP contribution >= 0.6 is 0 Å². The second-order valence-electron chi connectivity index (χ2n) is 4.90. The summed E-state index contributed by atoms with van der Waals surface area (Å²) in [6.07, 6.45) is 2.33. The summed E-state index contributed by atoms with van der Waals surface area (Å²) in [4.78, 5) is 11.5. The van der Waals surface area contributed by atoms with Gasteiger partial charge in [-0.3, -0.25) is 4.79 Å². The summed E-state index contributed by atoms with van der Waals surface area (Å²) in [6.45, 7) is 2.57. The van der Waals surface area contributed by atoms with Crippen LogP contribution in [0.3, 0.4) is 0 Å². The Morgan fingerprint density at radius 3 is 2.94 bits per heavy atom. The number of hydrogen-bond donors (Lipinski definition) is 1. The van der Waals surface area contributed by atoms with Crippen LogP contribution in [0.5, 0.6) is 0 Å². The molecule has 0 fully saturated rings. The molecular weight excluding hydrogens is 214 g/mol. The number of benzene rings is 1. The van der Waals surface area contributed by atoms with Gasteiger partial charge in [0.15, 0.2) is 0 Å². The molecule has 0 amide bonds. The van der Waals surface area contributed by atoms with Crippen molar-refractivity contribution in [2.24, 2.45) is 5.73 Å². The molecule has 0 radical (unpaired) electrons. The lowest BCUT2D eigenvalue weighted by molar-refractivity contribution is -0.142. The number of nitrogens with two attached hydrogens (primary N) is 1. The number of esters is 1. The SMILES string of the molecule is COC(=O)CC1(CN)CCc2ccc(C)cc21. The summed E-state index contributed by atoms with van der Waals surface area (Å²) in [5.41, 5.74) is 9.50. The number of aryl methyl sites for hydroxylation is 2. The van der Waals surface area contributed by atoms with E-state index in [-0.39, 0.29) is 11.4 Å². The van der Waals surface area contributed by atoms with E-state index in [1.165, 1.54) is 23.8 Å². The molecule has 1 atom stereocenters. The van der Waals surface area contributed by atoms with Crippen molar-refractivity contribution < 1.29 is 9.53 Å². The Kier molecular flexibility index (Phi) is 3.20. The van der Waals surface area contributed by atoms with Crippen molar-refractivity contribution >= 4 is 5.97 Å². The van der Waals surface area contributed by atoms with Crippen LogP contribution in [-0.2, 0) is 21.4 Å². The summed E-state index contributed by atoms with van der Waals surface area (Å²) in [5, 5.41) is 0. The third-order valence-electron chi connectivity index (χ3n) is 3.81. The van der Waals surface area contributed by atoms with Gasteiger partial charge < -0.3 is 10.5 Å². The Hall–Kier alpha value is -1.35. The van der Waals surface area contributed by atoms with Crippen molar-refractivity contribution in [2.45, 2.75) is 31.6 Å². The fourth-order valence-electron chi connectivity index (χ4n) is 2.73. The molecule has 92 valence electrons. The molecule has 2 rings (SSSR count). The molecule has 0 bridgehead atoms. The minimum atomic E-state index is -0.214. The fourth-order valence-corrected chi connectivity index (χ4v) is 2.73. The van der Waals surface area contributed by atoms with E-state index in [1.54, 1.807) is 0 Å². The van der Waals surface area contributed by atoms with E-state index >= 15 is 0 Å². The van der Waals surface area contributed by atoms with Crippen molar-refractivity contribution in [3.05, 3.63) is 34.9 Å². The van der Waals surface area contributed by atoms with Gasteiger partial charge in [0, 0.05) is 12.0 Å². The van der Waals surface area contributed by atoms with Crippen molar-refractivity contribution in [2.75, 3.05) is 13.7 Å². The highest BCUT2D eigenvalue weighted by atomic mass is 16.5. The van der Waals surface area contributed by atoms with Crippen molar-refractivity contribution in [3.63, 3.8) is 0 Å². The lowest BCUT2D eigenvalue weighted by atomic mass is 9.78. The Morgan fingerprint density at radius 2 is 2.29 bits per heavy atom. The van der Waals surface area contributed by atoms with Gasteiger partial charge in [-0.15, -0.1) is 0 Å². The Labute approximate surface area is 102 Å². The van der Waals surface area contributed by atoms with Crippen LogP contribution in [0, 0.1) is 6.92 Å². The van der Waals surface area contributed by atoms with Crippen LogP contribution in [0.1, 0.15) is 29.5 Å². The molecule has 0 aliphatic heterocycles. The van der Waals surface area contributed by atoms with Gasteiger partial charge in [-0.2, -0.15) is 0 Å². The summed E-state index contributed by atoms with van der Waals surface area (Å²) >= 11 is 0. The standard InChI is InChI=1S/C14H19NO2/c1-10-3-4-11-5-6-14(9-15,12(11)7-10)8-13(16)17-2/h3-4,7H,5-6,8-9,15H2,1-2H3. The maximum atomic E-state index is 11.5.